The van der Waals surface area contributed by atoms with E-state index in [2.05, 4.69) is 16.9 Å². The molecule has 1 aliphatic heterocycles. The van der Waals surface area contributed by atoms with Crippen molar-refractivity contribution < 1.29 is 42.9 Å². The minimum absolute atomic E-state index is 0.0112. The van der Waals surface area contributed by atoms with Crippen LogP contribution in [-0.2, 0) is 33.4 Å². The van der Waals surface area contributed by atoms with Gasteiger partial charge in [-0.05, 0) is 51.2 Å². The van der Waals surface area contributed by atoms with Crippen LogP contribution in [0.3, 0.4) is 0 Å². The summed E-state index contributed by atoms with van der Waals surface area (Å²) in [6.07, 6.45) is 8.61. The van der Waals surface area contributed by atoms with Crippen molar-refractivity contribution in [2.24, 2.45) is 11.8 Å². The van der Waals surface area contributed by atoms with E-state index >= 15 is 0 Å². The van der Waals surface area contributed by atoms with Crippen LogP contribution in [0.25, 0.3) is 0 Å². The Bertz CT molecular complexity index is 1130. The normalized spacial score (nSPS) is 20.6. The van der Waals surface area contributed by atoms with E-state index in [4.69, 9.17) is 18.9 Å². The first-order chi connectivity index (χ1) is 20.5. The lowest BCUT2D eigenvalue weighted by Gasteiger charge is -2.29. The second kappa shape index (κ2) is 18.0. The smallest absolute Gasteiger partial charge is 0.332 e. The van der Waals surface area contributed by atoms with Crippen LogP contribution in [0.4, 0.5) is 0 Å². The number of aryl methyl sites for hydroxylation is 1. The maximum atomic E-state index is 13.3. The highest BCUT2D eigenvalue weighted by atomic mass is 16.6. The Labute approximate surface area is 254 Å². The van der Waals surface area contributed by atoms with Gasteiger partial charge < -0.3 is 24.3 Å². The summed E-state index contributed by atoms with van der Waals surface area (Å²) in [7, 11) is 0. The molecule has 2 rings (SSSR count). The van der Waals surface area contributed by atoms with E-state index < -0.39 is 66.5 Å². The number of nitrogens with one attached hydrogen (secondary N) is 1. The van der Waals surface area contributed by atoms with Crippen molar-refractivity contribution in [1.29, 1.82) is 0 Å². The summed E-state index contributed by atoms with van der Waals surface area (Å²) in [5, 5.41) is 2.49. The molecule has 238 valence electrons. The standard InChI is InChI=1S/C32H46N2O9/c1-7-9-10-11-12-13-14-15-16-25(35)42-27-21(5)17-18-33-26(27)29(36)34-24-19-40-31(38)23(8-2)28(22(6)41-32(24)39)43-30(37)20(3)4/h7,17-18,20,22-24,28H,1,8-16,19H2,2-6H3,(H,34,36)/t22-,23+,24-,28-/m0/s1. The minimum Gasteiger partial charge on any atom is -0.463 e. The van der Waals surface area contributed by atoms with Gasteiger partial charge in [-0.2, -0.15) is 0 Å². The number of hydrogen-bond acceptors (Lipinski definition) is 10. The van der Waals surface area contributed by atoms with E-state index in [0.717, 1.165) is 38.5 Å². The number of esters is 4. The first-order valence-corrected chi connectivity index (χ1v) is 15.2. The van der Waals surface area contributed by atoms with Gasteiger partial charge in [0.2, 0.25) is 0 Å². The number of aromatic nitrogens is 1. The third kappa shape index (κ3) is 11.1. The Morgan fingerprint density at radius 2 is 1.79 bits per heavy atom. The van der Waals surface area contributed by atoms with Crippen molar-refractivity contribution in [2.75, 3.05) is 6.61 Å². The van der Waals surface area contributed by atoms with Gasteiger partial charge in [0.15, 0.2) is 23.6 Å². The fourth-order valence-electron chi connectivity index (χ4n) is 4.57. The molecule has 0 saturated carbocycles. The number of pyridine rings is 1. The van der Waals surface area contributed by atoms with Crippen LogP contribution in [0, 0.1) is 18.8 Å². The number of unbranched alkanes of at least 4 members (excludes halogenated alkanes) is 6. The third-order valence-electron chi connectivity index (χ3n) is 7.18. The molecule has 1 aromatic heterocycles. The van der Waals surface area contributed by atoms with E-state index in [0.29, 0.717) is 12.0 Å². The van der Waals surface area contributed by atoms with Gasteiger partial charge in [-0.1, -0.05) is 52.5 Å². The molecular weight excluding hydrogens is 556 g/mol. The molecule has 0 aromatic carbocycles. The molecule has 0 spiro atoms. The SMILES string of the molecule is C=CCCCCCCCCC(=O)Oc1c(C)ccnc1C(=O)N[C@H]1COC(=O)[C@H](CC)[C@@H](OC(=O)C(C)C)[C@H](C)OC1=O. The van der Waals surface area contributed by atoms with Gasteiger partial charge in [-0.3, -0.25) is 19.2 Å². The van der Waals surface area contributed by atoms with Crippen LogP contribution in [0.1, 0.15) is 102 Å². The number of nitrogens with zero attached hydrogens (tertiary/aromatic N) is 1. The number of carbonyl (C=O) groups excluding carboxylic acids is 5. The van der Waals surface area contributed by atoms with E-state index in [1.807, 2.05) is 6.08 Å². The number of hydrogen-bond donors (Lipinski definition) is 1. The van der Waals surface area contributed by atoms with E-state index in [1.54, 1.807) is 33.8 Å². The molecule has 1 aliphatic rings. The number of rotatable bonds is 15. The average Bonchev–Trinajstić information content (AvgIpc) is 3.00. The van der Waals surface area contributed by atoms with E-state index in [-0.39, 0.29) is 24.3 Å². The predicted molar refractivity (Wildman–Crippen MR) is 158 cm³/mol. The summed E-state index contributed by atoms with van der Waals surface area (Å²) in [5.74, 6) is -4.77. The topological polar surface area (TPSA) is 147 Å². The molecule has 1 aromatic rings. The summed E-state index contributed by atoms with van der Waals surface area (Å²) in [6.45, 7) is 11.4. The fourth-order valence-corrected chi connectivity index (χ4v) is 4.57. The van der Waals surface area contributed by atoms with Crippen LogP contribution in [-0.4, -0.2) is 59.6 Å². The van der Waals surface area contributed by atoms with Crippen molar-refractivity contribution in [3.05, 3.63) is 36.2 Å². The van der Waals surface area contributed by atoms with Crippen LogP contribution in [0.2, 0.25) is 0 Å². The minimum atomic E-state index is -1.38. The zero-order valence-corrected chi connectivity index (χ0v) is 26.0. The third-order valence-corrected chi connectivity index (χ3v) is 7.18. The Morgan fingerprint density at radius 1 is 1.12 bits per heavy atom. The lowest BCUT2D eigenvalue weighted by atomic mass is 9.95. The molecular formula is C32H46N2O9. The highest BCUT2D eigenvalue weighted by Gasteiger charge is 2.41. The number of ether oxygens (including phenoxy) is 4. The first kappa shape index (κ1) is 35.4. The molecule has 4 atom stereocenters. The van der Waals surface area contributed by atoms with Crippen molar-refractivity contribution in [3.63, 3.8) is 0 Å². The monoisotopic (exact) mass is 602 g/mol. The first-order valence-electron chi connectivity index (χ1n) is 15.2. The summed E-state index contributed by atoms with van der Waals surface area (Å²) in [5.41, 5.74) is 0.311. The van der Waals surface area contributed by atoms with Gasteiger partial charge in [-0.25, -0.2) is 9.78 Å². The maximum Gasteiger partial charge on any atom is 0.332 e. The Balaban J connectivity index is 2.08. The van der Waals surface area contributed by atoms with Crippen LogP contribution in [0.5, 0.6) is 5.75 Å². The second-order valence-electron chi connectivity index (χ2n) is 11.1. The number of amides is 1. The molecule has 11 nitrogen and oxygen atoms in total. The quantitative estimate of drug-likeness (QED) is 0.129. The molecule has 1 amide bonds. The second-order valence-corrected chi connectivity index (χ2v) is 11.1. The fraction of sp³-hybridized carbons (Fsp3) is 0.625. The lowest BCUT2D eigenvalue weighted by molar-refractivity contribution is -0.176. The molecule has 1 fully saturated rings. The molecule has 0 unspecified atom stereocenters. The van der Waals surface area contributed by atoms with Gasteiger partial charge in [0.05, 0.1) is 11.8 Å². The van der Waals surface area contributed by atoms with Gasteiger partial charge in [0.1, 0.15) is 12.7 Å². The summed E-state index contributed by atoms with van der Waals surface area (Å²) in [6, 6.07) is 0.220. The van der Waals surface area contributed by atoms with Crippen LogP contribution < -0.4 is 10.1 Å². The van der Waals surface area contributed by atoms with Crippen LogP contribution in [0.15, 0.2) is 24.9 Å². The van der Waals surface area contributed by atoms with Crippen LogP contribution >= 0.6 is 0 Å². The van der Waals surface area contributed by atoms with Gasteiger partial charge >= 0.3 is 23.9 Å². The largest absolute Gasteiger partial charge is 0.463 e. The zero-order chi connectivity index (χ0) is 31.9. The molecule has 0 aliphatic carbocycles. The Morgan fingerprint density at radius 3 is 2.44 bits per heavy atom. The summed E-state index contributed by atoms with van der Waals surface area (Å²) >= 11 is 0. The maximum absolute atomic E-state index is 13.3. The number of carbonyl (C=O) groups is 5. The van der Waals surface area contributed by atoms with E-state index in [9.17, 15) is 24.0 Å². The lowest BCUT2D eigenvalue weighted by Crippen LogP contribution is -2.47. The van der Waals surface area contributed by atoms with Gasteiger partial charge in [0, 0.05) is 12.6 Å². The van der Waals surface area contributed by atoms with E-state index in [1.165, 1.54) is 13.1 Å². The molecule has 1 saturated heterocycles. The molecule has 0 radical (unpaired) electrons. The Hall–Kier alpha value is -3.76. The van der Waals surface area contributed by atoms with Gasteiger partial charge in [-0.15, -0.1) is 6.58 Å². The average molecular weight is 603 g/mol. The molecule has 0 bridgehead atoms. The van der Waals surface area contributed by atoms with Crippen molar-refractivity contribution in [3.8, 4) is 5.75 Å². The van der Waals surface area contributed by atoms with Crippen molar-refractivity contribution in [1.82, 2.24) is 10.3 Å². The van der Waals surface area contributed by atoms with Crippen molar-refractivity contribution in [2.45, 2.75) is 111 Å². The highest BCUT2D eigenvalue weighted by molar-refractivity contribution is 5.98. The molecule has 11 heteroatoms. The molecule has 2 heterocycles. The zero-order valence-electron chi connectivity index (χ0n) is 26.0. The van der Waals surface area contributed by atoms with Crippen molar-refractivity contribution >= 4 is 29.8 Å². The number of allylic oxidation sites excluding steroid dienone is 1. The number of cyclic esters (lactones) is 2. The predicted octanol–water partition coefficient (Wildman–Crippen LogP) is 4.78. The van der Waals surface area contributed by atoms with Gasteiger partial charge in [0.25, 0.3) is 5.91 Å². The highest BCUT2D eigenvalue weighted by Crippen LogP contribution is 2.25. The summed E-state index contributed by atoms with van der Waals surface area (Å²) in [4.78, 5) is 68.2. The molecule has 43 heavy (non-hydrogen) atoms. The summed E-state index contributed by atoms with van der Waals surface area (Å²) < 4.78 is 22.0. The molecule has 1 N–H and O–H groups in total. The Kier molecular flexibility index (Phi) is 14.9.